The Balaban J connectivity index is 0.000000285. The number of nitrogens with one attached hydrogen (secondary N) is 1. The lowest BCUT2D eigenvalue weighted by atomic mass is 10.2. The molecule has 4 aromatic rings. The number of carboxylic acids is 1. The number of anilines is 2. The lowest BCUT2D eigenvalue weighted by molar-refractivity contribution is -0.139. The van der Waals surface area contributed by atoms with E-state index in [9.17, 15) is 35.9 Å². The molecule has 0 saturated heterocycles. The minimum absolute atomic E-state index is 0.149. The molecule has 0 radical (unpaired) electrons. The van der Waals surface area contributed by atoms with Crippen LogP contribution in [0.2, 0.25) is 10.0 Å². The maximum absolute atomic E-state index is 13.7. The fourth-order valence-electron chi connectivity index (χ4n) is 3.01. The number of alkyl halides is 3. The molecule has 43 heavy (non-hydrogen) atoms. The lowest BCUT2D eigenvalue weighted by Crippen LogP contribution is -2.14. The molecule has 2 heterocycles. The molecule has 0 spiro atoms. The van der Waals surface area contributed by atoms with Crippen LogP contribution >= 0.6 is 23.2 Å². The molecule has 0 aliphatic carbocycles. The molecule has 0 fully saturated rings. The second kappa shape index (κ2) is 13.9. The van der Waals surface area contributed by atoms with Crippen molar-refractivity contribution in [3.63, 3.8) is 0 Å². The number of carbonyl (C=O) groups excluding carboxylic acids is 1. The zero-order chi connectivity index (χ0) is 31.9. The molecule has 0 aliphatic rings. The Morgan fingerprint density at radius 3 is 2.35 bits per heavy atom. The minimum atomic E-state index is -4.57. The summed E-state index contributed by atoms with van der Waals surface area (Å²) in [6.07, 6.45) is -3.29. The Labute approximate surface area is 247 Å². The zero-order valence-electron chi connectivity index (χ0n) is 21.1. The summed E-state index contributed by atoms with van der Waals surface area (Å²) in [5.74, 6) is -5.82. The van der Waals surface area contributed by atoms with E-state index in [1.54, 1.807) is 0 Å². The summed E-state index contributed by atoms with van der Waals surface area (Å²) in [7, 11) is 0. The molecule has 0 unspecified atom stereocenters. The van der Waals surface area contributed by atoms with Crippen molar-refractivity contribution in [2.45, 2.75) is 6.18 Å². The summed E-state index contributed by atoms with van der Waals surface area (Å²) in [6, 6.07) is 9.33. The molecule has 0 atom stereocenters. The smallest absolute Gasteiger partial charge is 0.416 e. The van der Waals surface area contributed by atoms with Gasteiger partial charge in [-0.05, 0) is 42.5 Å². The summed E-state index contributed by atoms with van der Waals surface area (Å²) in [6.45, 7) is -0.701. The second-order valence-electron chi connectivity index (χ2n) is 7.99. The number of nitrogen functional groups attached to an aromatic ring is 1. The van der Waals surface area contributed by atoms with Gasteiger partial charge in [-0.1, -0.05) is 29.3 Å². The highest BCUT2D eigenvalue weighted by Gasteiger charge is 2.31. The number of amides is 1. The molecule has 9 nitrogen and oxygen atoms in total. The molecule has 0 aliphatic heterocycles. The predicted molar refractivity (Wildman–Crippen MR) is 142 cm³/mol. The number of hydrogen-bond acceptors (Lipinski definition) is 7. The van der Waals surface area contributed by atoms with Gasteiger partial charge in [-0.15, -0.1) is 0 Å². The number of hydrogen-bond donors (Lipinski definition) is 3. The van der Waals surface area contributed by atoms with Crippen molar-refractivity contribution in [1.82, 2.24) is 9.97 Å². The van der Waals surface area contributed by atoms with Gasteiger partial charge < -0.3 is 25.6 Å². The highest BCUT2D eigenvalue weighted by molar-refractivity contribution is 6.39. The second-order valence-corrected chi connectivity index (χ2v) is 8.75. The molecule has 0 saturated carbocycles. The Bertz CT molecular complexity index is 1660. The molecular weight excluding hydrogens is 633 g/mol. The third-order valence-corrected chi connectivity index (χ3v) is 5.67. The summed E-state index contributed by atoms with van der Waals surface area (Å²) in [4.78, 5) is 29.6. The number of carbonyl (C=O) groups is 2. The Morgan fingerprint density at radius 2 is 1.70 bits per heavy atom. The maximum Gasteiger partial charge on any atom is 0.416 e. The quantitative estimate of drug-likeness (QED) is 0.144. The van der Waals surface area contributed by atoms with E-state index >= 15 is 0 Å². The summed E-state index contributed by atoms with van der Waals surface area (Å²) in [5.41, 5.74) is 3.72. The first-order valence-corrected chi connectivity index (χ1v) is 12.1. The normalized spacial score (nSPS) is 10.8. The fourth-order valence-corrected chi connectivity index (χ4v) is 3.39. The minimum Gasteiger partial charge on any atom is -0.479 e. The van der Waals surface area contributed by atoms with E-state index < -0.39 is 58.7 Å². The third kappa shape index (κ3) is 8.86. The van der Waals surface area contributed by atoms with E-state index in [2.05, 4.69) is 20.0 Å². The van der Waals surface area contributed by atoms with Gasteiger partial charge in [-0.3, -0.25) is 4.79 Å². The summed E-state index contributed by atoms with van der Waals surface area (Å²) < 4.78 is 88.0. The first kappa shape index (κ1) is 32.8. The van der Waals surface area contributed by atoms with Gasteiger partial charge >= 0.3 is 12.1 Å². The van der Waals surface area contributed by atoms with Crippen LogP contribution in [0.3, 0.4) is 0 Å². The van der Waals surface area contributed by atoms with Gasteiger partial charge in [-0.2, -0.15) is 22.5 Å². The van der Waals surface area contributed by atoms with Crippen LogP contribution in [0.4, 0.5) is 37.7 Å². The Morgan fingerprint density at radius 1 is 0.977 bits per heavy atom. The van der Waals surface area contributed by atoms with E-state index in [0.717, 1.165) is 30.3 Å². The van der Waals surface area contributed by atoms with Crippen LogP contribution in [0.15, 0.2) is 60.8 Å². The molecule has 1 amide bonds. The molecule has 4 N–H and O–H groups in total. The number of carboxylic acid groups (broad SMARTS) is 1. The van der Waals surface area contributed by atoms with Crippen molar-refractivity contribution >= 4 is 46.5 Å². The average Bonchev–Trinajstić information content (AvgIpc) is 2.95. The molecule has 17 heteroatoms. The van der Waals surface area contributed by atoms with Gasteiger partial charge in [0.1, 0.15) is 33.0 Å². The van der Waals surface area contributed by atoms with Gasteiger partial charge in [0.05, 0.1) is 16.9 Å². The van der Waals surface area contributed by atoms with Crippen molar-refractivity contribution in [1.29, 1.82) is 0 Å². The van der Waals surface area contributed by atoms with Crippen LogP contribution in [-0.4, -0.2) is 33.6 Å². The predicted octanol–water partition coefficient (Wildman–Crippen LogP) is 7.00. The number of benzene rings is 2. The highest BCUT2D eigenvalue weighted by atomic mass is 35.5. The van der Waals surface area contributed by atoms with Crippen molar-refractivity contribution in [3.8, 4) is 17.5 Å². The standard InChI is InChI=1S/C19H11F5N2O2.C7H5Cl2FN2O3/c20-12-6-7-16(15(21)10-12)26-17(27)14-5-2-8-25-18(14)28-13-4-1-3-11(9-13)19(22,23)24;8-3-5(11)4(9)7(12-6(3)10)15-1-2(13)14/h1-10H,(H,26,27);1H2,(H2,11,12)(H,13,14). The highest BCUT2D eigenvalue weighted by Crippen LogP contribution is 2.35. The number of ether oxygens (including phenoxy) is 2. The van der Waals surface area contributed by atoms with Gasteiger partial charge in [0.2, 0.25) is 17.7 Å². The average molecular weight is 649 g/mol. The van der Waals surface area contributed by atoms with E-state index in [4.69, 9.17) is 38.8 Å². The number of nitrogens with two attached hydrogens (primary N) is 1. The lowest BCUT2D eigenvalue weighted by Gasteiger charge is -2.12. The van der Waals surface area contributed by atoms with Crippen molar-refractivity contribution in [3.05, 3.63) is 99.5 Å². The monoisotopic (exact) mass is 648 g/mol. The molecule has 2 aromatic heterocycles. The van der Waals surface area contributed by atoms with Crippen LogP contribution in [0.1, 0.15) is 15.9 Å². The largest absolute Gasteiger partial charge is 0.479 e. The molecule has 4 rings (SSSR count). The molecular formula is C26H16Cl2F6N4O5. The first-order valence-electron chi connectivity index (χ1n) is 11.4. The van der Waals surface area contributed by atoms with Crippen LogP contribution in [-0.2, 0) is 11.0 Å². The number of halogens is 8. The maximum atomic E-state index is 13.7. The van der Waals surface area contributed by atoms with Crippen LogP contribution in [0, 0.1) is 17.6 Å². The topological polar surface area (TPSA) is 137 Å². The molecule has 0 bridgehead atoms. The molecule has 226 valence electrons. The number of rotatable bonds is 7. The molecule has 2 aromatic carbocycles. The number of aromatic nitrogens is 2. The van der Waals surface area contributed by atoms with Crippen LogP contribution < -0.4 is 20.5 Å². The Kier molecular flexibility index (Phi) is 10.6. The van der Waals surface area contributed by atoms with Gasteiger partial charge in [-0.25, -0.2) is 18.6 Å². The van der Waals surface area contributed by atoms with Crippen molar-refractivity contribution in [2.75, 3.05) is 17.7 Å². The fraction of sp³-hybridized carbons (Fsp3) is 0.0769. The van der Waals surface area contributed by atoms with Crippen molar-refractivity contribution in [2.24, 2.45) is 0 Å². The zero-order valence-corrected chi connectivity index (χ0v) is 22.6. The number of pyridine rings is 2. The summed E-state index contributed by atoms with van der Waals surface area (Å²) in [5, 5.41) is 9.90. The SMILES string of the molecule is Nc1c(Cl)c(F)nc(OCC(=O)O)c1Cl.O=C(Nc1ccc(F)cc1F)c1cccnc1Oc1cccc(C(F)(F)F)c1. The van der Waals surface area contributed by atoms with Gasteiger partial charge in [0, 0.05) is 12.3 Å². The summed E-state index contributed by atoms with van der Waals surface area (Å²) >= 11 is 11.0. The van der Waals surface area contributed by atoms with Crippen LogP contribution in [0.25, 0.3) is 0 Å². The van der Waals surface area contributed by atoms with E-state index in [1.165, 1.54) is 24.4 Å². The first-order chi connectivity index (χ1) is 20.2. The van der Waals surface area contributed by atoms with Crippen LogP contribution in [0.5, 0.6) is 17.5 Å². The van der Waals surface area contributed by atoms with E-state index in [0.29, 0.717) is 6.07 Å². The third-order valence-electron chi connectivity index (χ3n) is 4.94. The van der Waals surface area contributed by atoms with Gasteiger partial charge in [0.15, 0.2) is 6.61 Å². The van der Waals surface area contributed by atoms with E-state index in [-0.39, 0.29) is 33.6 Å². The van der Waals surface area contributed by atoms with Gasteiger partial charge in [0.25, 0.3) is 5.91 Å². The van der Waals surface area contributed by atoms with E-state index in [1.807, 2.05) is 0 Å². The Hall–Kier alpha value is -4.76. The number of nitrogens with zero attached hydrogens (tertiary/aromatic N) is 2. The number of aliphatic carboxylic acids is 1. The van der Waals surface area contributed by atoms with Crippen molar-refractivity contribution < 1.29 is 50.5 Å².